The number of aromatic nitrogens is 2. The van der Waals surface area contributed by atoms with Gasteiger partial charge < -0.3 is 14.2 Å². The van der Waals surface area contributed by atoms with E-state index in [4.69, 9.17) is 9.72 Å². The quantitative estimate of drug-likeness (QED) is 0.457. The van der Waals surface area contributed by atoms with Crippen LogP contribution in [0.5, 0.6) is 5.75 Å². The lowest BCUT2D eigenvalue weighted by Crippen LogP contribution is -2.30. The van der Waals surface area contributed by atoms with Crippen LogP contribution in [0.1, 0.15) is 17.0 Å². The van der Waals surface area contributed by atoms with E-state index in [0.29, 0.717) is 13.2 Å². The van der Waals surface area contributed by atoms with Crippen molar-refractivity contribution in [3.63, 3.8) is 0 Å². The van der Waals surface area contributed by atoms with Gasteiger partial charge in [0.1, 0.15) is 24.7 Å². The number of nitrogens with zero attached hydrogens (tertiary/aromatic N) is 3. The number of amides is 1. The molecule has 4 aromatic rings. The summed E-state index contributed by atoms with van der Waals surface area (Å²) in [5.41, 5.74) is 4.03. The van der Waals surface area contributed by atoms with Crippen molar-refractivity contribution in [1.82, 2.24) is 14.5 Å². The van der Waals surface area contributed by atoms with Gasteiger partial charge in [0.2, 0.25) is 5.91 Å². The highest BCUT2D eigenvalue weighted by molar-refractivity contribution is 5.81. The standard InChI is InChI=1S/C25H25N3O2/c1-19-9-8-12-21(15-19)30-18-24-26-22-13-6-7-14-23(22)28(24)17-25(29)27(2)16-20-10-4-3-5-11-20/h3-15H,16-18H2,1-2H3. The van der Waals surface area contributed by atoms with Gasteiger partial charge in [-0.15, -0.1) is 0 Å². The molecule has 3 aromatic carbocycles. The fraction of sp³-hybridized carbons (Fsp3) is 0.200. The fourth-order valence-electron chi connectivity index (χ4n) is 3.47. The lowest BCUT2D eigenvalue weighted by molar-refractivity contribution is -0.131. The molecule has 152 valence electrons. The molecule has 0 bridgehead atoms. The molecule has 0 atom stereocenters. The van der Waals surface area contributed by atoms with E-state index in [1.54, 1.807) is 4.90 Å². The van der Waals surface area contributed by atoms with Gasteiger partial charge in [-0.05, 0) is 42.3 Å². The smallest absolute Gasteiger partial charge is 0.242 e. The Kier molecular flexibility index (Phi) is 5.80. The molecule has 5 nitrogen and oxygen atoms in total. The van der Waals surface area contributed by atoms with Crippen molar-refractivity contribution >= 4 is 16.9 Å². The second kappa shape index (κ2) is 8.82. The maximum atomic E-state index is 13.0. The van der Waals surface area contributed by atoms with E-state index in [9.17, 15) is 4.79 Å². The highest BCUT2D eigenvalue weighted by Gasteiger charge is 2.17. The Labute approximate surface area is 176 Å². The summed E-state index contributed by atoms with van der Waals surface area (Å²) in [5, 5.41) is 0. The van der Waals surface area contributed by atoms with Gasteiger partial charge in [0, 0.05) is 13.6 Å². The summed E-state index contributed by atoms with van der Waals surface area (Å²) < 4.78 is 7.93. The summed E-state index contributed by atoms with van der Waals surface area (Å²) in [4.78, 5) is 19.4. The molecule has 0 saturated carbocycles. The Bertz CT molecular complexity index is 1150. The summed E-state index contributed by atoms with van der Waals surface area (Å²) >= 11 is 0. The Morgan fingerprint density at radius 2 is 1.77 bits per heavy atom. The number of aryl methyl sites for hydroxylation is 1. The Hall–Kier alpha value is -3.60. The molecule has 0 saturated heterocycles. The van der Waals surface area contributed by atoms with E-state index >= 15 is 0 Å². The van der Waals surface area contributed by atoms with Crippen LogP contribution in [0.25, 0.3) is 11.0 Å². The van der Waals surface area contributed by atoms with Gasteiger partial charge in [0.15, 0.2) is 0 Å². The third kappa shape index (κ3) is 4.51. The van der Waals surface area contributed by atoms with Crippen molar-refractivity contribution < 1.29 is 9.53 Å². The maximum Gasteiger partial charge on any atom is 0.242 e. The van der Waals surface area contributed by atoms with E-state index in [-0.39, 0.29) is 12.5 Å². The first-order valence-electron chi connectivity index (χ1n) is 10.0. The predicted molar refractivity (Wildman–Crippen MR) is 118 cm³/mol. The summed E-state index contributed by atoms with van der Waals surface area (Å²) in [7, 11) is 1.83. The van der Waals surface area contributed by atoms with Gasteiger partial charge in [-0.3, -0.25) is 4.79 Å². The van der Waals surface area contributed by atoms with E-state index < -0.39 is 0 Å². The molecule has 0 aliphatic heterocycles. The molecule has 0 spiro atoms. The van der Waals surface area contributed by atoms with Gasteiger partial charge in [-0.1, -0.05) is 54.6 Å². The predicted octanol–water partition coefficient (Wildman–Crippen LogP) is 4.58. The number of fused-ring (bicyclic) bond motifs is 1. The normalized spacial score (nSPS) is 10.9. The van der Waals surface area contributed by atoms with Crippen LogP contribution < -0.4 is 4.74 Å². The number of likely N-dealkylation sites (N-methyl/N-ethyl adjacent to an activating group) is 1. The minimum absolute atomic E-state index is 0.0267. The molecule has 1 amide bonds. The zero-order chi connectivity index (χ0) is 20.9. The van der Waals surface area contributed by atoms with Gasteiger partial charge in [-0.2, -0.15) is 0 Å². The van der Waals surface area contributed by atoms with Crippen LogP contribution in [0.15, 0.2) is 78.9 Å². The number of carbonyl (C=O) groups is 1. The Balaban J connectivity index is 1.54. The molecule has 1 heterocycles. The highest BCUT2D eigenvalue weighted by Crippen LogP contribution is 2.19. The second-order valence-corrected chi connectivity index (χ2v) is 7.44. The number of rotatable bonds is 7. The van der Waals surface area contributed by atoms with Gasteiger partial charge in [0.25, 0.3) is 0 Å². The van der Waals surface area contributed by atoms with Crippen molar-refractivity contribution in [2.24, 2.45) is 0 Å². The molecule has 0 fully saturated rings. The van der Waals surface area contributed by atoms with Crippen LogP contribution in [0, 0.1) is 6.92 Å². The molecular formula is C25H25N3O2. The fourth-order valence-corrected chi connectivity index (χ4v) is 3.47. The van der Waals surface area contributed by atoms with Crippen molar-refractivity contribution in [1.29, 1.82) is 0 Å². The van der Waals surface area contributed by atoms with Crippen LogP contribution >= 0.6 is 0 Å². The summed E-state index contributed by atoms with van der Waals surface area (Å²) in [6.07, 6.45) is 0. The zero-order valence-electron chi connectivity index (χ0n) is 17.3. The molecule has 0 N–H and O–H groups in total. The maximum absolute atomic E-state index is 13.0. The number of imidazole rings is 1. The lowest BCUT2D eigenvalue weighted by atomic mass is 10.2. The number of carbonyl (C=O) groups excluding carboxylic acids is 1. The average molecular weight is 399 g/mol. The topological polar surface area (TPSA) is 47.4 Å². The first-order valence-corrected chi connectivity index (χ1v) is 10.0. The minimum Gasteiger partial charge on any atom is -0.486 e. The zero-order valence-corrected chi connectivity index (χ0v) is 17.3. The molecule has 0 aliphatic carbocycles. The molecular weight excluding hydrogens is 374 g/mol. The van der Waals surface area contributed by atoms with Crippen LogP contribution in [0.4, 0.5) is 0 Å². The molecule has 0 radical (unpaired) electrons. The van der Waals surface area contributed by atoms with Crippen molar-refractivity contribution in [2.75, 3.05) is 7.05 Å². The van der Waals surface area contributed by atoms with Crippen LogP contribution in [-0.2, 0) is 24.5 Å². The van der Waals surface area contributed by atoms with Crippen LogP contribution in [-0.4, -0.2) is 27.4 Å². The molecule has 30 heavy (non-hydrogen) atoms. The first-order chi connectivity index (χ1) is 14.6. The van der Waals surface area contributed by atoms with Crippen molar-refractivity contribution in [2.45, 2.75) is 26.6 Å². The average Bonchev–Trinajstić information content (AvgIpc) is 3.10. The monoisotopic (exact) mass is 399 g/mol. The third-order valence-corrected chi connectivity index (χ3v) is 5.07. The first kappa shape index (κ1) is 19.7. The van der Waals surface area contributed by atoms with E-state index in [2.05, 4.69) is 0 Å². The Morgan fingerprint density at radius 3 is 2.57 bits per heavy atom. The number of ether oxygens (including phenoxy) is 1. The van der Waals surface area contributed by atoms with Crippen LogP contribution in [0.2, 0.25) is 0 Å². The summed E-state index contributed by atoms with van der Waals surface area (Å²) in [5.74, 6) is 1.55. The Morgan fingerprint density at radius 1 is 1.00 bits per heavy atom. The SMILES string of the molecule is Cc1cccc(OCc2nc3ccccc3n2CC(=O)N(C)Cc2ccccc2)c1. The number of benzene rings is 3. The lowest BCUT2D eigenvalue weighted by Gasteiger charge is -2.19. The second-order valence-electron chi connectivity index (χ2n) is 7.44. The van der Waals surface area contributed by atoms with Gasteiger partial charge >= 0.3 is 0 Å². The molecule has 5 heteroatoms. The third-order valence-electron chi connectivity index (χ3n) is 5.07. The van der Waals surface area contributed by atoms with Gasteiger partial charge in [0.05, 0.1) is 11.0 Å². The molecule has 0 aliphatic rings. The number of hydrogen-bond donors (Lipinski definition) is 0. The summed E-state index contributed by atoms with van der Waals surface area (Å²) in [6.45, 7) is 3.12. The number of para-hydroxylation sites is 2. The largest absolute Gasteiger partial charge is 0.486 e. The number of hydrogen-bond acceptors (Lipinski definition) is 3. The van der Waals surface area contributed by atoms with Crippen LogP contribution in [0.3, 0.4) is 0 Å². The van der Waals surface area contributed by atoms with E-state index in [1.807, 2.05) is 97.4 Å². The summed E-state index contributed by atoms with van der Waals surface area (Å²) in [6, 6.07) is 25.8. The van der Waals surface area contributed by atoms with Crippen molar-refractivity contribution in [3.05, 3.63) is 95.8 Å². The van der Waals surface area contributed by atoms with E-state index in [0.717, 1.165) is 33.7 Å². The minimum atomic E-state index is 0.0267. The molecule has 1 aromatic heterocycles. The highest BCUT2D eigenvalue weighted by atomic mass is 16.5. The van der Waals surface area contributed by atoms with E-state index in [1.165, 1.54) is 0 Å². The molecule has 0 unspecified atom stereocenters. The molecule has 4 rings (SSSR count). The van der Waals surface area contributed by atoms with Gasteiger partial charge in [-0.25, -0.2) is 4.98 Å². The van der Waals surface area contributed by atoms with Crippen molar-refractivity contribution in [3.8, 4) is 5.75 Å².